The van der Waals surface area contributed by atoms with E-state index in [4.69, 9.17) is 9.15 Å². The topological polar surface area (TPSA) is 58.8 Å². The number of hydrogen-bond donors (Lipinski definition) is 0. The zero-order valence-corrected chi connectivity index (χ0v) is 16.3. The van der Waals surface area contributed by atoms with Crippen LogP contribution in [0.4, 0.5) is 6.01 Å². The second-order valence-corrected chi connectivity index (χ2v) is 8.36. The summed E-state index contributed by atoms with van der Waals surface area (Å²) in [7, 11) is 1.70. The number of nitrogens with zero attached hydrogens (tertiary/aromatic N) is 3. The van der Waals surface area contributed by atoms with Crippen molar-refractivity contribution in [2.45, 2.75) is 44.2 Å². The van der Waals surface area contributed by atoms with Gasteiger partial charge in [0.25, 0.3) is 6.01 Å². The molecule has 148 valence electrons. The van der Waals surface area contributed by atoms with Crippen molar-refractivity contribution in [2.24, 2.45) is 11.8 Å². The fourth-order valence-corrected chi connectivity index (χ4v) is 5.61. The summed E-state index contributed by atoms with van der Waals surface area (Å²) in [5.41, 5.74) is 1.23. The quantitative estimate of drug-likeness (QED) is 0.814. The van der Waals surface area contributed by atoms with Crippen LogP contribution in [-0.4, -0.2) is 48.1 Å². The Bertz CT molecular complexity index is 837. The average molecular weight is 381 g/mol. The van der Waals surface area contributed by atoms with Gasteiger partial charge in [-0.3, -0.25) is 4.79 Å². The molecule has 3 saturated heterocycles. The summed E-state index contributed by atoms with van der Waals surface area (Å²) >= 11 is 0. The average Bonchev–Trinajstić information content (AvgIpc) is 3.26. The van der Waals surface area contributed by atoms with Gasteiger partial charge in [0.15, 0.2) is 0 Å². The van der Waals surface area contributed by atoms with Gasteiger partial charge in [0.2, 0.25) is 5.91 Å². The second-order valence-electron chi connectivity index (χ2n) is 8.36. The Labute approximate surface area is 165 Å². The maximum absolute atomic E-state index is 13.0. The van der Waals surface area contributed by atoms with Crippen LogP contribution in [0, 0.1) is 11.8 Å². The Morgan fingerprint density at radius 3 is 3.00 bits per heavy atom. The summed E-state index contributed by atoms with van der Waals surface area (Å²) in [6.07, 6.45) is 8.21. The molecule has 6 nitrogen and oxygen atoms in total. The van der Waals surface area contributed by atoms with Crippen molar-refractivity contribution < 1.29 is 13.9 Å². The minimum absolute atomic E-state index is 0.221. The molecule has 6 heteroatoms. The van der Waals surface area contributed by atoms with E-state index in [9.17, 15) is 4.79 Å². The maximum atomic E-state index is 13.0. The third-order valence-electron chi connectivity index (χ3n) is 6.77. The number of piperidine rings is 3. The molecule has 1 amide bonds. The van der Waals surface area contributed by atoms with Gasteiger partial charge in [0, 0.05) is 31.6 Å². The molecule has 2 aromatic rings. The molecule has 0 unspecified atom stereocenters. The molecule has 1 aromatic heterocycles. The number of aromatic nitrogens is 1. The number of fused-ring (bicyclic) bond motifs is 4. The first kappa shape index (κ1) is 17.6. The lowest BCUT2D eigenvalue weighted by Gasteiger charge is -2.56. The standard InChI is InChI=1S/C22H27N3O3/c1-27-18-5-2-4-15(10-18)11-20-17-12-16(19-6-3-7-21(26)25(19)20)13-24(14-17)22-23-8-9-28-22/h2,4-5,8-10,16-17,19-20H,3,6-7,11-14H2,1H3/t16-,17+,19+,20+/m1/s1. The summed E-state index contributed by atoms with van der Waals surface area (Å²) < 4.78 is 11.0. The van der Waals surface area contributed by atoms with Gasteiger partial charge in [0.05, 0.1) is 13.3 Å². The summed E-state index contributed by atoms with van der Waals surface area (Å²) in [6.45, 7) is 1.82. The van der Waals surface area contributed by atoms with E-state index in [1.807, 2.05) is 12.1 Å². The molecule has 3 aliphatic heterocycles. The highest BCUT2D eigenvalue weighted by molar-refractivity contribution is 5.78. The molecule has 3 aliphatic rings. The first-order valence-corrected chi connectivity index (χ1v) is 10.3. The highest BCUT2D eigenvalue weighted by Gasteiger charge is 2.49. The van der Waals surface area contributed by atoms with Gasteiger partial charge >= 0.3 is 0 Å². The number of carbonyl (C=O) groups excluding carboxylic acids is 1. The van der Waals surface area contributed by atoms with Crippen LogP contribution >= 0.6 is 0 Å². The first-order valence-electron chi connectivity index (χ1n) is 10.3. The largest absolute Gasteiger partial charge is 0.497 e. The van der Waals surface area contributed by atoms with Crippen LogP contribution < -0.4 is 9.64 Å². The monoisotopic (exact) mass is 381 g/mol. The molecule has 0 aliphatic carbocycles. The number of carbonyl (C=O) groups is 1. The molecule has 5 rings (SSSR count). The van der Waals surface area contributed by atoms with Crippen LogP contribution in [0.15, 0.2) is 41.1 Å². The molecular weight excluding hydrogens is 354 g/mol. The van der Waals surface area contributed by atoms with Gasteiger partial charge < -0.3 is 19.0 Å². The highest BCUT2D eigenvalue weighted by atomic mass is 16.5. The Balaban J connectivity index is 1.46. The van der Waals surface area contributed by atoms with Crippen LogP contribution in [0.2, 0.25) is 0 Å². The number of methoxy groups -OCH3 is 1. The van der Waals surface area contributed by atoms with Crippen LogP contribution in [-0.2, 0) is 11.2 Å². The number of oxazole rings is 1. The van der Waals surface area contributed by atoms with Crippen molar-refractivity contribution in [2.75, 3.05) is 25.1 Å². The summed E-state index contributed by atoms with van der Waals surface area (Å²) in [5.74, 6) is 2.13. The van der Waals surface area contributed by atoms with Crippen LogP contribution in [0.3, 0.4) is 0 Å². The molecule has 4 atom stereocenters. The van der Waals surface area contributed by atoms with Crippen LogP contribution in [0.25, 0.3) is 0 Å². The Hall–Kier alpha value is -2.50. The molecule has 4 heterocycles. The van der Waals surface area contributed by atoms with Gasteiger partial charge in [-0.25, -0.2) is 4.98 Å². The molecular formula is C22H27N3O3. The normalized spacial score (nSPS) is 29.5. The van der Waals surface area contributed by atoms with Crippen molar-refractivity contribution in [3.63, 3.8) is 0 Å². The van der Waals surface area contributed by atoms with Crippen LogP contribution in [0.5, 0.6) is 5.75 Å². The molecule has 0 saturated carbocycles. The molecule has 1 aromatic carbocycles. The fourth-order valence-electron chi connectivity index (χ4n) is 5.61. The molecule has 28 heavy (non-hydrogen) atoms. The zero-order valence-electron chi connectivity index (χ0n) is 16.3. The van der Waals surface area contributed by atoms with Gasteiger partial charge in [-0.2, -0.15) is 0 Å². The fraction of sp³-hybridized carbons (Fsp3) is 0.545. The van der Waals surface area contributed by atoms with Crippen LogP contribution in [0.1, 0.15) is 31.2 Å². The number of rotatable bonds is 4. The van der Waals surface area contributed by atoms with E-state index in [2.05, 4.69) is 26.9 Å². The summed E-state index contributed by atoms with van der Waals surface area (Å²) in [4.78, 5) is 21.9. The van der Waals surface area contributed by atoms with E-state index in [1.54, 1.807) is 19.6 Å². The summed E-state index contributed by atoms with van der Waals surface area (Å²) in [5, 5.41) is 0. The van der Waals surface area contributed by atoms with E-state index in [-0.39, 0.29) is 6.04 Å². The van der Waals surface area contributed by atoms with Crippen molar-refractivity contribution in [1.82, 2.24) is 9.88 Å². The second kappa shape index (κ2) is 7.15. The first-order chi connectivity index (χ1) is 13.7. The minimum atomic E-state index is 0.221. The third kappa shape index (κ3) is 3.05. The number of ether oxygens (including phenoxy) is 1. The molecule has 0 radical (unpaired) electrons. The van der Waals surface area contributed by atoms with Crippen molar-refractivity contribution in [3.8, 4) is 5.75 Å². The number of amides is 1. The molecule has 2 bridgehead atoms. The Kier molecular flexibility index (Phi) is 4.49. The van der Waals surface area contributed by atoms with Gasteiger partial charge in [-0.15, -0.1) is 0 Å². The highest BCUT2D eigenvalue weighted by Crippen LogP contribution is 2.43. The van der Waals surface area contributed by atoms with Crippen molar-refractivity contribution in [1.29, 1.82) is 0 Å². The minimum Gasteiger partial charge on any atom is -0.497 e. The predicted octanol–water partition coefficient (Wildman–Crippen LogP) is 3.13. The number of anilines is 1. The van der Waals surface area contributed by atoms with Crippen molar-refractivity contribution >= 4 is 11.9 Å². The van der Waals surface area contributed by atoms with Crippen molar-refractivity contribution in [3.05, 3.63) is 42.3 Å². The van der Waals surface area contributed by atoms with E-state index in [1.165, 1.54) is 12.0 Å². The third-order valence-corrected chi connectivity index (χ3v) is 6.77. The lowest BCUT2D eigenvalue weighted by molar-refractivity contribution is -0.148. The van der Waals surface area contributed by atoms with E-state index in [0.717, 1.165) is 38.1 Å². The Morgan fingerprint density at radius 2 is 2.18 bits per heavy atom. The molecule has 0 spiro atoms. The van der Waals surface area contributed by atoms with Gasteiger partial charge in [0.1, 0.15) is 12.0 Å². The number of hydrogen-bond acceptors (Lipinski definition) is 5. The molecule has 0 N–H and O–H groups in total. The molecule has 3 fully saturated rings. The lowest BCUT2D eigenvalue weighted by atomic mass is 9.71. The summed E-state index contributed by atoms with van der Waals surface area (Å²) in [6, 6.07) is 9.53. The SMILES string of the molecule is COc1cccc(C[C@H]2[C@H]3C[C@H](CN(c4ncco4)C3)[C@@H]3CCCC(=O)N32)c1. The maximum Gasteiger partial charge on any atom is 0.297 e. The predicted molar refractivity (Wildman–Crippen MR) is 105 cm³/mol. The lowest BCUT2D eigenvalue weighted by Crippen LogP contribution is -2.65. The van der Waals surface area contributed by atoms with Gasteiger partial charge in [-0.05, 0) is 55.2 Å². The number of benzene rings is 1. The van der Waals surface area contributed by atoms with E-state index in [0.29, 0.717) is 36.2 Å². The Morgan fingerprint density at radius 1 is 1.29 bits per heavy atom. The van der Waals surface area contributed by atoms with Gasteiger partial charge in [-0.1, -0.05) is 12.1 Å². The van der Waals surface area contributed by atoms with E-state index < -0.39 is 0 Å². The van der Waals surface area contributed by atoms with E-state index >= 15 is 0 Å². The zero-order chi connectivity index (χ0) is 19.1. The smallest absolute Gasteiger partial charge is 0.297 e.